The van der Waals surface area contributed by atoms with Gasteiger partial charge in [-0.05, 0) is 42.0 Å². The zero-order chi connectivity index (χ0) is 22.0. The standard InChI is InChI=1S/C23H26ClFN4O2/c1-31-11-10-29-14-19(17-4-7-27-22(24)21(17)29)23(30)28-8-5-16(6-9-28)18-12-15(13-26)2-3-20(18)25/h2-4,7,12,14,16H,5-6,8-11,13,26H2,1H3. The topological polar surface area (TPSA) is 73.4 Å². The second-order valence-corrected chi connectivity index (χ2v) is 8.21. The van der Waals surface area contributed by atoms with Crippen LogP contribution in [0.4, 0.5) is 4.39 Å². The van der Waals surface area contributed by atoms with Crippen LogP contribution in [-0.2, 0) is 17.8 Å². The maximum absolute atomic E-state index is 14.4. The van der Waals surface area contributed by atoms with Crippen LogP contribution < -0.4 is 5.73 Å². The van der Waals surface area contributed by atoms with Gasteiger partial charge in [-0.3, -0.25) is 4.79 Å². The predicted molar refractivity (Wildman–Crippen MR) is 119 cm³/mol. The van der Waals surface area contributed by atoms with Crippen molar-refractivity contribution < 1.29 is 13.9 Å². The molecule has 3 heterocycles. The normalized spacial score (nSPS) is 15.0. The smallest absolute Gasteiger partial charge is 0.256 e. The average molecular weight is 445 g/mol. The van der Waals surface area contributed by atoms with E-state index in [1.165, 1.54) is 6.07 Å². The largest absolute Gasteiger partial charge is 0.383 e. The lowest BCUT2D eigenvalue weighted by Gasteiger charge is -2.32. The second kappa shape index (κ2) is 9.34. The Hall–Kier alpha value is -2.48. The predicted octanol–water partition coefficient (Wildman–Crippen LogP) is 3.95. The maximum Gasteiger partial charge on any atom is 0.256 e. The van der Waals surface area contributed by atoms with E-state index in [9.17, 15) is 9.18 Å². The number of carbonyl (C=O) groups excluding carboxylic acids is 1. The van der Waals surface area contributed by atoms with Crippen molar-refractivity contribution in [2.75, 3.05) is 26.8 Å². The van der Waals surface area contributed by atoms with Crippen molar-refractivity contribution in [3.8, 4) is 0 Å². The van der Waals surface area contributed by atoms with E-state index in [-0.39, 0.29) is 17.6 Å². The number of benzene rings is 1. The van der Waals surface area contributed by atoms with E-state index in [1.54, 1.807) is 19.4 Å². The lowest BCUT2D eigenvalue weighted by molar-refractivity contribution is 0.0714. The number of nitrogens with zero attached hydrogens (tertiary/aromatic N) is 3. The number of halogens is 2. The lowest BCUT2D eigenvalue weighted by Crippen LogP contribution is -2.38. The van der Waals surface area contributed by atoms with Gasteiger partial charge in [0.15, 0.2) is 5.15 Å². The third-order valence-electron chi connectivity index (χ3n) is 6.03. The van der Waals surface area contributed by atoms with Crippen molar-refractivity contribution in [1.82, 2.24) is 14.5 Å². The molecule has 1 fully saturated rings. The number of carbonyl (C=O) groups is 1. The number of ether oxygens (including phenoxy) is 1. The van der Waals surface area contributed by atoms with E-state index < -0.39 is 0 Å². The summed E-state index contributed by atoms with van der Waals surface area (Å²) >= 11 is 6.33. The molecule has 1 amide bonds. The number of likely N-dealkylation sites (tertiary alicyclic amines) is 1. The van der Waals surface area contributed by atoms with Crippen LogP contribution in [0.3, 0.4) is 0 Å². The molecular weight excluding hydrogens is 419 g/mol. The highest BCUT2D eigenvalue weighted by Crippen LogP contribution is 2.33. The van der Waals surface area contributed by atoms with Crippen molar-refractivity contribution in [1.29, 1.82) is 0 Å². The van der Waals surface area contributed by atoms with E-state index in [4.69, 9.17) is 22.1 Å². The molecule has 164 valence electrons. The summed E-state index contributed by atoms with van der Waals surface area (Å²) < 4.78 is 21.5. The quantitative estimate of drug-likeness (QED) is 0.584. The first-order chi connectivity index (χ1) is 15.0. The van der Waals surface area contributed by atoms with Gasteiger partial charge in [-0.25, -0.2) is 9.37 Å². The van der Waals surface area contributed by atoms with Gasteiger partial charge < -0.3 is 19.9 Å². The minimum Gasteiger partial charge on any atom is -0.383 e. The molecule has 0 saturated carbocycles. The zero-order valence-electron chi connectivity index (χ0n) is 17.5. The van der Waals surface area contributed by atoms with E-state index in [0.717, 1.165) is 16.5 Å². The highest BCUT2D eigenvalue weighted by atomic mass is 35.5. The molecule has 1 aliphatic rings. The monoisotopic (exact) mass is 444 g/mol. The van der Waals surface area contributed by atoms with E-state index in [0.29, 0.717) is 61.9 Å². The Kier molecular flexibility index (Phi) is 6.55. The van der Waals surface area contributed by atoms with Gasteiger partial charge in [0.1, 0.15) is 5.82 Å². The Morgan fingerprint density at radius 1 is 1.32 bits per heavy atom. The number of pyridine rings is 1. The fourth-order valence-electron chi connectivity index (χ4n) is 4.34. The van der Waals surface area contributed by atoms with Gasteiger partial charge in [-0.1, -0.05) is 23.7 Å². The summed E-state index contributed by atoms with van der Waals surface area (Å²) in [5, 5.41) is 1.14. The van der Waals surface area contributed by atoms with Crippen LogP contribution in [0.2, 0.25) is 5.15 Å². The molecule has 1 aromatic carbocycles. The van der Waals surface area contributed by atoms with E-state index in [1.807, 2.05) is 27.8 Å². The van der Waals surface area contributed by atoms with Gasteiger partial charge in [0.25, 0.3) is 5.91 Å². The van der Waals surface area contributed by atoms with Gasteiger partial charge >= 0.3 is 0 Å². The Bertz CT molecular complexity index is 1090. The molecule has 0 aliphatic carbocycles. The molecule has 0 radical (unpaired) electrons. The number of hydrogen-bond donors (Lipinski definition) is 1. The molecule has 4 rings (SSSR count). The number of aromatic nitrogens is 2. The summed E-state index contributed by atoms with van der Waals surface area (Å²) in [7, 11) is 1.63. The van der Waals surface area contributed by atoms with Crippen LogP contribution in [0.1, 0.15) is 40.2 Å². The number of rotatable bonds is 6. The minimum atomic E-state index is -0.203. The molecule has 2 aromatic heterocycles. The summed E-state index contributed by atoms with van der Waals surface area (Å²) in [6, 6.07) is 6.88. The fraction of sp³-hybridized carbons (Fsp3) is 0.391. The molecule has 0 unspecified atom stereocenters. The van der Waals surface area contributed by atoms with E-state index in [2.05, 4.69) is 4.98 Å². The zero-order valence-corrected chi connectivity index (χ0v) is 18.2. The summed E-state index contributed by atoms with van der Waals surface area (Å²) in [6.45, 7) is 2.60. The third kappa shape index (κ3) is 4.31. The molecule has 1 saturated heterocycles. The molecule has 2 N–H and O–H groups in total. The molecule has 8 heteroatoms. The van der Waals surface area contributed by atoms with Gasteiger partial charge in [0, 0.05) is 51.1 Å². The summed E-state index contributed by atoms with van der Waals surface area (Å²) in [4.78, 5) is 19.3. The molecule has 1 aliphatic heterocycles. The van der Waals surface area contributed by atoms with Crippen LogP contribution in [-0.4, -0.2) is 47.2 Å². The van der Waals surface area contributed by atoms with Crippen LogP contribution in [0, 0.1) is 5.82 Å². The second-order valence-electron chi connectivity index (χ2n) is 7.85. The minimum absolute atomic E-state index is 0.0435. The average Bonchev–Trinajstić information content (AvgIpc) is 3.17. The van der Waals surface area contributed by atoms with Crippen LogP contribution in [0.25, 0.3) is 10.9 Å². The van der Waals surface area contributed by atoms with Crippen molar-refractivity contribution in [2.24, 2.45) is 5.73 Å². The summed E-state index contributed by atoms with van der Waals surface area (Å²) in [5.74, 6) is -0.166. The van der Waals surface area contributed by atoms with E-state index >= 15 is 0 Å². The van der Waals surface area contributed by atoms with Crippen molar-refractivity contribution in [3.05, 3.63) is 64.3 Å². The van der Waals surface area contributed by atoms with Crippen molar-refractivity contribution in [3.63, 3.8) is 0 Å². The first-order valence-electron chi connectivity index (χ1n) is 10.4. The van der Waals surface area contributed by atoms with Crippen molar-refractivity contribution >= 4 is 28.4 Å². The first-order valence-corrected chi connectivity index (χ1v) is 10.8. The number of nitrogens with two attached hydrogens (primary N) is 1. The van der Waals surface area contributed by atoms with Crippen LogP contribution in [0.15, 0.2) is 36.7 Å². The summed E-state index contributed by atoms with van der Waals surface area (Å²) in [6.07, 6.45) is 4.86. The Morgan fingerprint density at radius 2 is 2.10 bits per heavy atom. The van der Waals surface area contributed by atoms with Gasteiger partial charge in [-0.15, -0.1) is 0 Å². The Balaban J connectivity index is 1.54. The van der Waals surface area contributed by atoms with Crippen LogP contribution >= 0.6 is 11.6 Å². The molecule has 0 bridgehead atoms. The molecule has 0 spiro atoms. The summed E-state index contributed by atoms with van der Waals surface area (Å²) in [5.41, 5.74) is 8.67. The first kappa shape index (κ1) is 21.7. The fourth-order valence-corrected chi connectivity index (χ4v) is 4.61. The number of amides is 1. The highest BCUT2D eigenvalue weighted by molar-refractivity contribution is 6.34. The lowest BCUT2D eigenvalue weighted by atomic mass is 9.88. The molecular formula is C23H26ClFN4O2. The Morgan fingerprint density at radius 3 is 2.81 bits per heavy atom. The number of fused-ring (bicyclic) bond motifs is 1. The SMILES string of the molecule is COCCn1cc(C(=O)N2CCC(c3cc(CN)ccc3F)CC2)c2ccnc(Cl)c21. The number of methoxy groups -OCH3 is 1. The molecule has 0 atom stereocenters. The maximum atomic E-state index is 14.4. The van der Waals surface area contributed by atoms with Gasteiger partial charge in [-0.2, -0.15) is 0 Å². The van der Waals surface area contributed by atoms with Gasteiger partial charge in [0.2, 0.25) is 0 Å². The number of piperidine rings is 1. The number of hydrogen-bond acceptors (Lipinski definition) is 4. The van der Waals surface area contributed by atoms with Crippen LogP contribution in [0.5, 0.6) is 0 Å². The molecule has 3 aromatic rings. The molecule has 31 heavy (non-hydrogen) atoms. The highest BCUT2D eigenvalue weighted by Gasteiger charge is 2.28. The molecule has 6 nitrogen and oxygen atoms in total. The van der Waals surface area contributed by atoms with Crippen molar-refractivity contribution in [2.45, 2.75) is 31.8 Å². The Labute approximate surface area is 185 Å². The third-order valence-corrected chi connectivity index (χ3v) is 6.30. The van der Waals surface area contributed by atoms with Gasteiger partial charge in [0.05, 0.1) is 17.7 Å².